The maximum absolute atomic E-state index is 12.5. The zero-order valence-corrected chi connectivity index (χ0v) is 15.1. The molecule has 2 aliphatic rings. The van der Waals surface area contributed by atoms with Crippen LogP contribution in [0.3, 0.4) is 0 Å². The third-order valence-corrected chi connectivity index (χ3v) is 4.50. The van der Waals surface area contributed by atoms with Crippen molar-refractivity contribution in [2.75, 3.05) is 26.2 Å². The maximum Gasteiger partial charge on any atom is 0.422 e. The summed E-state index contributed by atoms with van der Waals surface area (Å²) in [7, 11) is 0. The van der Waals surface area contributed by atoms with Crippen LogP contribution in [0.25, 0.3) is 0 Å². The Hall–Kier alpha value is -3.28. The second kappa shape index (κ2) is 8.17. The molecule has 2 atom stereocenters. The van der Waals surface area contributed by atoms with Gasteiger partial charge in [0, 0.05) is 25.1 Å². The van der Waals surface area contributed by atoms with Crippen molar-refractivity contribution in [1.82, 2.24) is 9.80 Å². The number of hydrogen-bond donors (Lipinski definition) is 0. The van der Waals surface area contributed by atoms with Crippen LogP contribution in [0.2, 0.25) is 0 Å². The molecule has 0 bridgehead atoms. The Labute approximate surface area is 159 Å². The zero-order chi connectivity index (χ0) is 20.3. The molecule has 0 aliphatic carbocycles. The van der Waals surface area contributed by atoms with Crippen LogP contribution < -0.4 is 4.74 Å². The molecule has 150 valence electrons. The summed E-state index contributed by atoms with van der Waals surface area (Å²) >= 11 is 0. The van der Waals surface area contributed by atoms with E-state index in [1.54, 1.807) is 4.90 Å². The van der Waals surface area contributed by atoms with Gasteiger partial charge in [-0.3, -0.25) is 10.1 Å². The summed E-state index contributed by atoms with van der Waals surface area (Å²) in [4.78, 5) is 36.4. The van der Waals surface area contributed by atoms with Crippen molar-refractivity contribution < 1.29 is 24.2 Å². The molecule has 2 heterocycles. The number of nitro benzene ring substituents is 1. The summed E-state index contributed by atoms with van der Waals surface area (Å²) in [6.07, 6.45) is 0.0542. The molecule has 1 aromatic carbocycles. The molecule has 0 N–H and O–H groups in total. The predicted molar refractivity (Wildman–Crippen MR) is 95.3 cm³/mol. The van der Waals surface area contributed by atoms with Crippen molar-refractivity contribution in [2.45, 2.75) is 19.4 Å². The van der Waals surface area contributed by atoms with Crippen LogP contribution in [-0.4, -0.2) is 64.2 Å². The lowest BCUT2D eigenvalue weighted by Crippen LogP contribution is -2.41. The van der Waals surface area contributed by atoms with Crippen molar-refractivity contribution >= 4 is 17.7 Å². The molecule has 2 aliphatic heterocycles. The van der Waals surface area contributed by atoms with Gasteiger partial charge >= 0.3 is 6.09 Å². The number of guanidine groups is 1. The molecule has 1 amide bonds. The minimum absolute atomic E-state index is 0.0314. The van der Waals surface area contributed by atoms with Crippen LogP contribution in [0.5, 0.6) is 5.75 Å². The van der Waals surface area contributed by atoms with Gasteiger partial charge in [-0.25, -0.2) is 19.8 Å². The summed E-state index contributed by atoms with van der Waals surface area (Å²) in [5, 5.41) is 24.3. The lowest BCUT2D eigenvalue weighted by molar-refractivity contribution is -0.486. The number of hydrazone groups is 1. The highest BCUT2D eigenvalue weighted by atomic mass is 16.7. The Kier molecular flexibility index (Phi) is 5.68. The molecule has 0 aromatic heterocycles. The second-order valence-electron chi connectivity index (χ2n) is 6.60. The number of hydrogen-bond acceptors (Lipinski definition) is 7. The number of non-ortho nitro benzene ring substituents is 1. The second-order valence-corrected chi connectivity index (χ2v) is 6.60. The van der Waals surface area contributed by atoms with E-state index in [-0.39, 0.29) is 36.0 Å². The Balaban J connectivity index is 1.72. The van der Waals surface area contributed by atoms with Crippen molar-refractivity contribution in [2.24, 2.45) is 11.0 Å². The molecule has 28 heavy (non-hydrogen) atoms. The van der Waals surface area contributed by atoms with Gasteiger partial charge < -0.3 is 14.4 Å². The topological polar surface area (TPSA) is 141 Å². The molecule has 12 nitrogen and oxygen atoms in total. The van der Waals surface area contributed by atoms with Gasteiger partial charge in [0.05, 0.1) is 30.2 Å². The van der Waals surface area contributed by atoms with E-state index in [9.17, 15) is 25.0 Å². The monoisotopic (exact) mass is 393 g/mol. The molecule has 1 aromatic rings. The summed E-state index contributed by atoms with van der Waals surface area (Å²) in [6, 6.07) is 5.14. The van der Waals surface area contributed by atoms with E-state index < -0.39 is 16.0 Å². The number of nitrogens with zero attached hydrogens (tertiary/aromatic N) is 5. The SMILES string of the molecule is CC1CC(CN2CCN(C(=O)Oc3cccc([N+](=O)[O-])c3)C2=N[N+](=O)[O-])CO1. The minimum Gasteiger partial charge on any atom is -0.410 e. The predicted octanol–water partition coefficient (Wildman–Crippen LogP) is 1.68. The average Bonchev–Trinajstić information content (AvgIpc) is 3.21. The number of carbonyl (C=O) groups is 1. The fourth-order valence-corrected chi connectivity index (χ4v) is 3.29. The summed E-state index contributed by atoms with van der Waals surface area (Å²) < 4.78 is 10.7. The van der Waals surface area contributed by atoms with E-state index in [1.807, 2.05) is 6.92 Å². The third-order valence-electron chi connectivity index (χ3n) is 4.50. The van der Waals surface area contributed by atoms with Crippen molar-refractivity contribution in [3.8, 4) is 5.75 Å². The Morgan fingerprint density at radius 1 is 1.36 bits per heavy atom. The minimum atomic E-state index is -0.889. The first kappa shape index (κ1) is 19.5. The number of ether oxygens (including phenoxy) is 2. The Morgan fingerprint density at radius 2 is 2.14 bits per heavy atom. The van der Waals surface area contributed by atoms with Crippen molar-refractivity contribution in [1.29, 1.82) is 0 Å². The molecule has 2 saturated heterocycles. The first-order valence-electron chi connectivity index (χ1n) is 8.67. The van der Waals surface area contributed by atoms with E-state index >= 15 is 0 Å². The highest BCUT2D eigenvalue weighted by Crippen LogP contribution is 2.24. The van der Waals surface area contributed by atoms with Crippen LogP contribution >= 0.6 is 0 Å². The number of nitro groups is 2. The van der Waals surface area contributed by atoms with Crippen LogP contribution in [-0.2, 0) is 4.74 Å². The van der Waals surface area contributed by atoms with Crippen LogP contribution in [0.15, 0.2) is 29.4 Å². The van der Waals surface area contributed by atoms with Crippen molar-refractivity contribution in [3.05, 3.63) is 44.5 Å². The largest absolute Gasteiger partial charge is 0.422 e. The molecule has 2 fully saturated rings. The van der Waals surface area contributed by atoms with Gasteiger partial charge in [-0.05, 0) is 19.4 Å². The van der Waals surface area contributed by atoms with E-state index in [4.69, 9.17) is 9.47 Å². The van der Waals surface area contributed by atoms with Gasteiger partial charge in [0.25, 0.3) is 11.6 Å². The number of amides is 1. The van der Waals surface area contributed by atoms with Gasteiger partial charge in [0.2, 0.25) is 0 Å². The van der Waals surface area contributed by atoms with Crippen molar-refractivity contribution in [3.63, 3.8) is 0 Å². The van der Waals surface area contributed by atoms with Crippen LogP contribution in [0, 0.1) is 26.1 Å². The number of carbonyl (C=O) groups excluding carboxylic acids is 1. The first-order chi connectivity index (χ1) is 13.3. The fourth-order valence-electron chi connectivity index (χ4n) is 3.29. The molecule has 12 heteroatoms. The van der Waals surface area contributed by atoms with E-state index in [2.05, 4.69) is 5.10 Å². The van der Waals surface area contributed by atoms with Gasteiger partial charge in [-0.2, -0.15) is 0 Å². The standard InChI is InChI=1S/C16H19N5O7/c1-11-7-12(10-27-11)9-18-5-6-19(15(18)17-21(25)26)16(22)28-14-4-2-3-13(8-14)20(23)24/h2-4,8,11-12H,5-7,9-10H2,1H3. The maximum atomic E-state index is 12.5. The van der Waals surface area contributed by atoms with Crippen LogP contribution in [0.4, 0.5) is 10.5 Å². The summed E-state index contributed by atoms with van der Waals surface area (Å²) in [5.41, 5.74) is -0.233. The third kappa shape index (κ3) is 4.52. The molecular formula is C16H19N5O7. The quantitative estimate of drug-likeness (QED) is 0.543. The molecule has 0 spiro atoms. The highest BCUT2D eigenvalue weighted by molar-refractivity contribution is 5.96. The van der Waals surface area contributed by atoms with Gasteiger partial charge in [0.15, 0.2) is 5.03 Å². The molecule has 2 unspecified atom stereocenters. The van der Waals surface area contributed by atoms with Crippen LogP contribution in [0.1, 0.15) is 13.3 Å². The summed E-state index contributed by atoms with van der Waals surface area (Å²) in [5.74, 6) is 0.0378. The van der Waals surface area contributed by atoms with Gasteiger partial charge in [-0.1, -0.05) is 6.07 Å². The molecule has 3 rings (SSSR count). The van der Waals surface area contributed by atoms with Gasteiger partial charge in [-0.15, -0.1) is 0 Å². The zero-order valence-electron chi connectivity index (χ0n) is 15.1. The van der Waals surface area contributed by atoms with E-state index in [0.717, 1.165) is 17.4 Å². The number of rotatable bonds is 5. The number of benzene rings is 1. The highest BCUT2D eigenvalue weighted by Gasteiger charge is 2.37. The van der Waals surface area contributed by atoms with E-state index in [1.165, 1.54) is 18.2 Å². The summed E-state index contributed by atoms with van der Waals surface area (Å²) in [6.45, 7) is 3.49. The van der Waals surface area contributed by atoms with Gasteiger partial charge in [0.1, 0.15) is 10.9 Å². The normalized spacial score (nSPS) is 23.2. The lowest BCUT2D eigenvalue weighted by atomic mass is 10.1. The average molecular weight is 393 g/mol. The van der Waals surface area contributed by atoms with E-state index in [0.29, 0.717) is 19.7 Å². The Bertz CT molecular complexity index is 814. The molecular weight excluding hydrogens is 374 g/mol. The Morgan fingerprint density at radius 3 is 2.79 bits per heavy atom. The first-order valence-corrected chi connectivity index (χ1v) is 8.67. The lowest BCUT2D eigenvalue weighted by Gasteiger charge is -2.21. The smallest absolute Gasteiger partial charge is 0.410 e. The molecule has 0 radical (unpaired) electrons. The fraction of sp³-hybridized carbons (Fsp3) is 0.500. The molecule has 0 saturated carbocycles.